The van der Waals surface area contributed by atoms with E-state index in [4.69, 9.17) is 0 Å². The highest BCUT2D eigenvalue weighted by Crippen LogP contribution is 2.32. The molecule has 3 aliphatic heterocycles. The Morgan fingerprint density at radius 3 is 2.83 bits per heavy atom. The monoisotopic (exact) mass is 410 g/mol. The predicted octanol–water partition coefficient (Wildman–Crippen LogP) is 0.330. The normalized spacial score (nSPS) is 25.0. The Kier molecular flexibility index (Phi) is 6.59. The minimum Gasteiger partial charge on any atom is -0.376 e. The summed E-state index contributed by atoms with van der Waals surface area (Å²) in [6, 6.07) is -0.0861. The van der Waals surface area contributed by atoms with Crippen LogP contribution in [-0.2, 0) is 19.2 Å². The summed E-state index contributed by atoms with van der Waals surface area (Å²) >= 11 is 0. The van der Waals surface area contributed by atoms with E-state index in [-0.39, 0.29) is 55.1 Å². The van der Waals surface area contributed by atoms with Gasteiger partial charge < -0.3 is 25.6 Å². The van der Waals surface area contributed by atoms with E-state index >= 15 is 0 Å². The van der Waals surface area contributed by atoms with Gasteiger partial charge in [0.15, 0.2) is 0 Å². The van der Waals surface area contributed by atoms with Crippen molar-refractivity contribution in [1.29, 1.82) is 0 Å². The van der Waals surface area contributed by atoms with Crippen molar-refractivity contribution in [2.45, 2.75) is 37.9 Å². The van der Waals surface area contributed by atoms with Crippen LogP contribution in [0.5, 0.6) is 0 Å². The Balaban J connectivity index is 1.58. The molecule has 2 fully saturated rings. The van der Waals surface area contributed by atoms with Crippen LogP contribution in [-0.4, -0.2) is 60.7 Å². The fraction of sp³-hybridized carbons (Fsp3) is 0.429. The number of amides is 3. The average Bonchev–Trinajstić information content (AvgIpc) is 3.04. The summed E-state index contributed by atoms with van der Waals surface area (Å²) < 4.78 is 0. The number of piperidine rings is 1. The summed E-state index contributed by atoms with van der Waals surface area (Å²) in [7, 11) is 0. The third-order valence-corrected chi connectivity index (χ3v) is 5.66. The fourth-order valence-electron chi connectivity index (χ4n) is 4.09. The molecular formula is C21H27BN4O4. The molecule has 2 saturated heterocycles. The van der Waals surface area contributed by atoms with E-state index < -0.39 is 0 Å². The van der Waals surface area contributed by atoms with Gasteiger partial charge >= 0.3 is 0 Å². The summed E-state index contributed by atoms with van der Waals surface area (Å²) in [4.78, 5) is 50.6. The number of rotatable bonds is 6. The van der Waals surface area contributed by atoms with Crippen LogP contribution in [0.1, 0.15) is 19.8 Å². The first-order valence-corrected chi connectivity index (χ1v) is 10.2. The molecule has 3 N–H and O–H groups in total. The van der Waals surface area contributed by atoms with Gasteiger partial charge in [0.25, 0.3) is 0 Å². The number of piperazine rings is 1. The van der Waals surface area contributed by atoms with Crippen LogP contribution in [0.15, 0.2) is 48.4 Å². The summed E-state index contributed by atoms with van der Waals surface area (Å²) in [5.74, 6) is -0.868. The smallest absolute Gasteiger partial charge is 0.246 e. The lowest BCUT2D eigenvalue weighted by Crippen LogP contribution is -2.56. The molecule has 2 unspecified atom stereocenters. The van der Waals surface area contributed by atoms with E-state index in [0.29, 0.717) is 42.7 Å². The quantitative estimate of drug-likeness (QED) is 0.432. The lowest BCUT2D eigenvalue weighted by molar-refractivity contribution is -0.138. The lowest BCUT2D eigenvalue weighted by Gasteiger charge is -2.31. The van der Waals surface area contributed by atoms with Crippen molar-refractivity contribution in [3.05, 3.63) is 48.4 Å². The molecule has 8 nitrogen and oxygen atoms in total. The van der Waals surface area contributed by atoms with E-state index in [1.54, 1.807) is 6.08 Å². The van der Waals surface area contributed by atoms with Gasteiger partial charge in [-0.1, -0.05) is 19.2 Å². The zero-order valence-electron chi connectivity index (χ0n) is 17.2. The Hall–Kier alpha value is -3.10. The van der Waals surface area contributed by atoms with E-state index in [1.807, 2.05) is 13.0 Å². The molecule has 0 spiro atoms. The highest BCUT2D eigenvalue weighted by atomic mass is 16.2. The van der Waals surface area contributed by atoms with E-state index in [9.17, 15) is 19.2 Å². The second-order valence-corrected chi connectivity index (χ2v) is 8.00. The van der Waals surface area contributed by atoms with Crippen molar-refractivity contribution in [2.24, 2.45) is 0 Å². The van der Waals surface area contributed by atoms with Crippen molar-refractivity contribution < 1.29 is 19.2 Å². The van der Waals surface area contributed by atoms with Crippen LogP contribution in [0.3, 0.4) is 0 Å². The second-order valence-electron chi connectivity index (χ2n) is 8.00. The van der Waals surface area contributed by atoms with E-state index in [2.05, 4.69) is 29.1 Å². The summed E-state index contributed by atoms with van der Waals surface area (Å²) in [5.41, 5.74) is 1.67. The minimum atomic E-state index is -0.370. The molecule has 2 atom stereocenters. The van der Waals surface area contributed by atoms with Gasteiger partial charge in [-0.3, -0.25) is 14.4 Å². The molecule has 0 aromatic carbocycles. The minimum absolute atomic E-state index is 0.00407. The number of carbonyl (C=O) groups is 4. The van der Waals surface area contributed by atoms with Crippen LogP contribution in [0.4, 0.5) is 0 Å². The molecule has 0 bridgehead atoms. The highest BCUT2D eigenvalue weighted by molar-refractivity contribution is 6.97. The van der Waals surface area contributed by atoms with Gasteiger partial charge in [-0.15, -0.1) is 0 Å². The fourth-order valence-corrected chi connectivity index (χ4v) is 4.09. The van der Waals surface area contributed by atoms with Crippen LogP contribution in [0.25, 0.3) is 0 Å². The Morgan fingerprint density at radius 1 is 1.40 bits per heavy atom. The van der Waals surface area contributed by atoms with Gasteiger partial charge in [0.1, 0.15) is 5.68 Å². The molecule has 0 saturated carbocycles. The first-order chi connectivity index (χ1) is 14.3. The molecule has 0 aliphatic carbocycles. The van der Waals surface area contributed by atoms with Gasteiger partial charge in [-0.2, -0.15) is 0 Å². The molecule has 0 aromatic rings. The van der Waals surface area contributed by atoms with Crippen molar-refractivity contribution >= 4 is 30.1 Å². The Labute approximate surface area is 176 Å². The first kappa shape index (κ1) is 21.6. The van der Waals surface area contributed by atoms with Gasteiger partial charge in [0.05, 0.1) is 13.1 Å². The van der Waals surface area contributed by atoms with Gasteiger partial charge in [-0.05, 0) is 38.2 Å². The number of nitrogens with one attached hydrogen (secondary N) is 3. The average molecular weight is 410 g/mol. The second kappa shape index (κ2) is 9.15. The molecule has 3 amide bonds. The van der Waals surface area contributed by atoms with Crippen molar-refractivity contribution in [1.82, 2.24) is 20.9 Å². The number of carbonyl (C=O) groups excluding carboxylic acids is 4. The maximum atomic E-state index is 12.8. The zero-order valence-corrected chi connectivity index (χ0v) is 17.2. The Morgan fingerprint density at radius 2 is 2.17 bits per heavy atom. The molecular weight excluding hydrogens is 383 g/mol. The predicted molar refractivity (Wildman–Crippen MR) is 114 cm³/mol. The van der Waals surface area contributed by atoms with Gasteiger partial charge in [0.2, 0.25) is 24.4 Å². The molecule has 30 heavy (non-hydrogen) atoms. The van der Waals surface area contributed by atoms with E-state index in [0.717, 1.165) is 0 Å². The molecule has 3 heterocycles. The molecule has 0 aromatic heterocycles. The number of allylic oxidation sites excluding steroid dienone is 5. The van der Waals surface area contributed by atoms with E-state index in [1.165, 1.54) is 11.0 Å². The number of nitrogens with zero attached hydrogens (tertiary/aromatic N) is 1. The summed E-state index contributed by atoms with van der Waals surface area (Å²) in [6.07, 6.45) is 6.84. The van der Waals surface area contributed by atoms with Crippen LogP contribution in [0, 0.1) is 0 Å². The van der Waals surface area contributed by atoms with Gasteiger partial charge in [-0.25, -0.2) is 0 Å². The van der Waals surface area contributed by atoms with Crippen LogP contribution < -0.4 is 16.0 Å². The maximum absolute atomic E-state index is 12.8. The zero-order chi connectivity index (χ0) is 21.8. The van der Waals surface area contributed by atoms with Crippen LogP contribution >= 0.6 is 0 Å². The lowest BCUT2D eigenvalue weighted by atomic mass is 9.37. The maximum Gasteiger partial charge on any atom is 0.246 e. The largest absolute Gasteiger partial charge is 0.376 e. The summed E-state index contributed by atoms with van der Waals surface area (Å²) in [6.45, 7) is 9.48. The summed E-state index contributed by atoms with van der Waals surface area (Å²) in [5, 5.41) is 8.50. The Bertz CT molecular complexity index is 863. The van der Waals surface area contributed by atoms with Crippen molar-refractivity contribution in [3.8, 4) is 0 Å². The highest BCUT2D eigenvalue weighted by Gasteiger charge is 2.42. The van der Waals surface area contributed by atoms with Crippen LogP contribution in [0.2, 0.25) is 12.1 Å². The van der Waals surface area contributed by atoms with Crippen molar-refractivity contribution in [2.75, 3.05) is 19.6 Å². The topological polar surface area (TPSA) is 108 Å². The number of hydrogen-bond donors (Lipinski definition) is 3. The molecule has 3 aliphatic rings. The molecule has 3 rings (SSSR count). The standard InChI is InChI=1S/C21H27BN4O4/c1-4-16(23-10-19(28)26-11-14(3)24-18(27)12-26)9-15-7-8-22(20(15)29)17-6-5-13(2)25-21(17)30/h4,7,9,14,17,23H,1-2,5-6,8,10-12H2,3H3,(H,24,27)(H,25,30)/b16-9+. The first-order valence-electron chi connectivity index (χ1n) is 10.2. The SMILES string of the molecule is C=C/C(=C\C1=CCB(C2CCC(=C)NC2=O)C1=O)NCC(=O)N1CC(=O)NC(C)C1. The molecule has 0 radical (unpaired) electrons. The molecule has 158 valence electrons. The third kappa shape index (κ3) is 4.90. The third-order valence-electron chi connectivity index (χ3n) is 5.66. The van der Waals surface area contributed by atoms with Gasteiger partial charge in [0, 0.05) is 35.4 Å². The number of hydrogen-bond acceptors (Lipinski definition) is 5. The van der Waals surface area contributed by atoms with Crippen molar-refractivity contribution in [3.63, 3.8) is 0 Å². The molecule has 9 heteroatoms.